The molecule has 2 aromatic carbocycles. The van der Waals surface area contributed by atoms with E-state index in [0.29, 0.717) is 5.88 Å². The number of rotatable bonds is 4. The second-order valence-corrected chi connectivity index (χ2v) is 5.29. The summed E-state index contributed by atoms with van der Waals surface area (Å²) in [7, 11) is 0. The fourth-order valence-corrected chi connectivity index (χ4v) is 2.84. The summed E-state index contributed by atoms with van der Waals surface area (Å²) in [6.07, 6.45) is 0.785. The predicted molar refractivity (Wildman–Crippen MR) is 84.4 cm³/mol. The number of benzene rings is 2. The third-order valence-electron chi connectivity index (χ3n) is 3.66. The van der Waals surface area contributed by atoms with Gasteiger partial charge in [0.25, 0.3) is 0 Å². The lowest BCUT2D eigenvalue weighted by atomic mass is 10.1. The van der Waals surface area contributed by atoms with Gasteiger partial charge in [-0.15, -0.1) is 11.6 Å². The average Bonchev–Trinajstić information content (AvgIpc) is 2.86. The van der Waals surface area contributed by atoms with Crippen LogP contribution in [0.3, 0.4) is 0 Å². The zero-order chi connectivity index (χ0) is 13.9. The van der Waals surface area contributed by atoms with Gasteiger partial charge in [-0.2, -0.15) is 0 Å². The predicted octanol–water partition coefficient (Wildman–Crippen LogP) is 4.43. The highest BCUT2D eigenvalue weighted by Gasteiger charge is 2.16. The van der Waals surface area contributed by atoms with Crippen LogP contribution in [0.1, 0.15) is 24.4 Å². The topological polar surface area (TPSA) is 17.8 Å². The molecule has 1 aromatic heterocycles. The summed E-state index contributed by atoms with van der Waals surface area (Å²) in [5.41, 5.74) is 3.49. The van der Waals surface area contributed by atoms with E-state index in [2.05, 4.69) is 54.0 Å². The standard InChI is InChI=1S/C17H17ClN2/c1-13(14-7-3-2-4-8-14)20-16-10-6-5-9-15(16)19-17(20)11-12-18/h2-10,13H,11-12H2,1H3. The van der Waals surface area contributed by atoms with Crippen molar-refractivity contribution in [3.05, 3.63) is 66.0 Å². The summed E-state index contributed by atoms with van der Waals surface area (Å²) >= 11 is 5.93. The Bertz CT molecular complexity index is 703. The number of fused-ring (bicyclic) bond motifs is 1. The fourth-order valence-electron chi connectivity index (χ4n) is 2.67. The van der Waals surface area contributed by atoms with Gasteiger partial charge in [-0.1, -0.05) is 42.5 Å². The first-order valence-corrected chi connectivity index (χ1v) is 7.41. The van der Waals surface area contributed by atoms with E-state index in [1.54, 1.807) is 0 Å². The number of imidazole rings is 1. The Morgan fingerprint density at radius 2 is 1.75 bits per heavy atom. The zero-order valence-corrected chi connectivity index (χ0v) is 12.2. The minimum absolute atomic E-state index is 0.252. The van der Waals surface area contributed by atoms with Gasteiger partial charge in [0.1, 0.15) is 5.82 Å². The van der Waals surface area contributed by atoms with Crippen LogP contribution >= 0.6 is 11.6 Å². The molecule has 1 heterocycles. The molecule has 0 aliphatic carbocycles. The molecule has 0 bridgehead atoms. The van der Waals surface area contributed by atoms with Gasteiger partial charge < -0.3 is 4.57 Å². The van der Waals surface area contributed by atoms with Crippen molar-refractivity contribution in [3.63, 3.8) is 0 Å². The number of aryl methyl sites for hydroxylation is 1. The molecular formula is C17H17ClN2. The van der Waals surface area contributed by atoms with E-state index in [1.807, 2.05) is 12.1 Å². The van der Waals surface area contributed by atoms with Crippen molar-refractivity contribution >= 4 is 22.6 Å². The van der Waals surface area contributed by atoms with Crippen molar-refractivity contribution in [3.8, 4) is 0 Å². The van der Waals surface area contributed by atoms with Crippen LogP contribution in [-0.2, 0) is 6.42 Å². The molecule has 20 heavy (non-hydrogen) atoms. The second kappa shape index (κ2) is 5.68. The highest BCUT2D eigenvalue weighted by Crippen LogP contribution is 2.26. The molecule has 2 nitrogen and oxygen atoms in total. The SMILES string of the molecule is CC(c1ccccc1)n1c(CCCl)nc2ccccc21. The van der Waals surface area contributed by atoms with E-state index < -0.39 is 0 Å². The Labute approximate surface area is 124 Å². The van der Waals surface area contributed by atoms with E-state index in [0.717, 1.165) is 17.8 Å². The van der Waals surface area contributed by atoms with Crippen molar-refractivity contribution in [1.29, 1.82) is 0 Å². The molecule has 0 aliphatic rings. The van der Waals surface area contributed by atoms with E-state index in [-0.39, 0.29) is 6.04 Å². The van der Waals surface area contributed by atoms with Crippen LogP contribution in [0.5, 0.6) is 0 Å². The van der Waals surface area contributed by atoms with Crippen LogP contribution in [0.25, 0.3) is 11.0 Å². The summed E-state index contributed by atoms with van der Waals surface area (Å²) in [6.45, 7) is 2.21. The summed E-state index contributed by atoms with van der Waals surface area (Å²) in [5, 5.41) is 0. The lowest BCUT2D eigenvalue weighted by molar-refractivity contribution is 0.624. The van der Waals surface area contributed by atoms with Gasteiger partial charge >= 0.3 is 0 Å². The van der Waals surface area contributed by atoms with Crippen molar-refractivity contribution in [2.45, 2.75) is 19.4 Å². The van der Waals surface area contributed by atoms with Crippen LogP contribution < -0.4 is 0 Å². The van der Waals surface area contributed by atoms with Crippen LogP contribution in [0.15, 0.2) is 54.6 Å². The largest absolute Gasteiger partial charge is 0.321 e. The molecule has 0 radical (unpaired) electrons. The van der Waals surface area contributed by atoms with Crippen LogP contribution in [0.4, 0.5) is 0 Å². The number of hydrogen-bond acceptors (Lipinski definition) is 1. The molecule has 3 aromatic rings. The summed E-state index contributed by atoms with van der Waals surface area (Å²) in [4.78, 5) is 4.73. The lowest BCUT2D eigenvalue weighted by Crippen LogP contribution is -2.11. The number of aromatic nitrogens is 2. The maximum absolute atomic E-state index is 5.93. The van der Waals surface area contributed by atoms with Crippen molar-refractivity contribution in [2.75, 3.05) is 5.88 Å². The van der Waals surface area contributed by atoms with Gasteiger partial charge in [-0.3, -0.25) is 0 Å². The smallest absolute Gasteiger partial charge is 0.111 e. The Kier molecular flexibility index (Phi) is 3.75. The maximum Gasteiger partial charge on any atom is 0.111 e. The Morgan fingerprint density at radius 1 is 1.05 bits per heavy atom. The van der Waals surface area contributed by atoms with Crippen molar-refractivity contribution < 1.29 is 0 Å². The van der Waals surface area contributed by atoms with Crippen LogP contribution in [0, 0.1) is 0 Å². The first kappa shape index (κ1) is 13.2. The van der Waals surface area contributed by atoms with E-state index in [4.69, 9.17) is 16.6 Å². The van der Waals surface area contributed by atoms with Gasteiger partial charge in [-0.05, 0) is 24.6 Å². The first-order chi connectivity index (χ1) is 9.81. The normalized spacial score (nSPS) is 12.7. The quantitative estimate of drug-likeness (QED) is 0.648. The monoisotopic (exact) mass is 284 g/mol. The Morgan fingerprint density at radius 3 is 2.50 bits per heavy atom. The third-order valence-corrected chi connectivity index (χ3v) is 3.85. The molecule has 0 aliphatic heterocycles. The average molecular weight is 285 g/mol. The Hall–Kier alpha value is -1.80. The number of nitrogens with zero attached hydrogens (tertiary/aromatic N) is 2. The molecule has 0 saturated heterocycles. The zero-order valence-electron chi connectivity index (χ0n) is 11.5. The molecule has 0 N–H and O–H groups in total. The third kappa shape index (κ3) is 2.32. The summed E-state index contributed by atoms with van der Waals surface area (Å²) in [6, 6.07) is 19.0. The van der Waals surface area contributed by atoms with Gasteiger partial charge in [-0.25, -0.2) is 4.98 Å². The fraction of sp³-hybridized carbons (Fsp3) is 0.235. The highest BCUT2D eigenvalue weighted by molar-refractivity contribution is 6.17. The molecule has 102 valence electrons. The highest BCUT2D eigenvalue weighted by atomic mass is 35.5. The second-order valence-electron chi connectivity index (χ2n) is 4.91. The van der Waals surface area contributed by atoms with Crippen LogP contribution in [0.2, 0.25) is 0 Å². The lowest BCUT2D eigenvalue weighted by Gasteiger charge is -2.18. The van der Waals surface area contributed by atoms with Gasteiger partial charge in [0, 0.05) is 12.3 Å². The van der Waals surface area contributed by atoms with Gasteiger partial charge in [0.15, 0.2) is 0 Å². The molecule has 0 spiro atoms. The minimum Gasteiger partial charge on any atom is -0.321 e. The molecule has 0 fully saturated rings. The molecule has 0 amide bonds. The number of hydrogen-bond donors (Lipinski definition) is 0. The molecule has 1 unspecified atom stereocenters. The first-order valence-electron chi connectivity index (χ1n) is 6.88. The van der Waals surface area contributed by atoms with Crippen LogP contribution in [-0.4, -0.2) is 15.4 Å². The van der Waals surface area contributed by atoms with E-state index in [9.17, 15) is 0 Å². The number of para-hydroxylation sites is 2. The minimum atomic E-state index is 0.252. The number of halogens is 1. The number of alkyl halides is 1. The Balaban J connectivity index is 2.15. The summed E-state index contributed by atoms with van der Waals surface area (Å²) < 4.78 is 2.30. The molecule has 0 saturated carbocycles. The van der Waals surface area contributed by atoms with Crippen molar-refractivity contribution in [1.82, 2.24) is 9.55 Å². The van der Waals surface area contributed by atoms with E-state index in [1.165, 1.54) is 11.1 Å². The molecule has 1 atom stereocenters. The molecular weight excluding hydrogens is 268 g/mol. The molecule has 3 rings (SSSR count). The van der Waals surface area contributed by atoms with Gasteiger partial charge in [0.2, 0.25) is 0 Å². The maximum atomic E-state index is 5.93. The van der Waals surface area contributed by atoms with Gasteiger partial charge in [0.05, 0.1) is 17.1 Å². The van der Waals surface area contributed by atoms with Crippen molar-refractivity contribution in [2.24, 2.45) is 0 Å². The van der Waals surface area contributed by atoms with E-state index >= 15 is 0 Å². The summed E-state index contributed by atoms with van der Waals surface area (Å²) in [5.74, 6) is 1.64. The molecule has 3 heteroatoms.